The van der Waals surface area contributed by atoms with E-state index in [4.69, 9.17) is 28.1 Å². The molecular formula is C25H31N3O7. The third-order valence-corrected chi connectivity index (χ3v) is 5.05. The molecule has 0 aliphatic carbocycles. The molecule has 0 aliphatic rings. The van der Waals surface area contributed by atoms with Crippen LogP contribution in [0.3, 0.4) is 0 Å². The molecular weight excluding hydrogens is 454 g/mol. The van der Waals surface area contributed by atoms with Gasteiger partial charge in [0, 0.05) is 6.54 Å². The van der Waals surface area contributed by atoms with Crippen molar-refractivity contribution in [3.05, 3.63) is 53.2 Å². The fourth-order valence-electron chi connectivity index (χ4n) is 3.48. The second kappa shape index (κ2) is 12.5. The Hall–Kier alpha value is -3.95. The molecule has 1 heterocycles. The summed E-state index contributed by atoms with van der Waals surface area (Å²) < 4.78 is 32.9. The molecule has 1 amide bonds. The Bertz CT molecular complexity index is 1100. The quantitative estimate of drug-likeness (QED) is 0.389. The standard InChI is InChI=1S/C25H31N3O7/c1-6-33-18-9-8-16(12-19(18)34-7-2)10-11-26-24(29)25-28-27-22(35-25)15-17-13-20(30-3)23(32-5)21(14-17)31-4/h8-9,12-14H,6-7,10-11,15H2,1-5H3,(H,26,29). The van der Waals surface area contributed by atoms with Crippen LogP contribution in [0.2, 0.25) is 0 Å². The number of carbonyl (C=O) groups is 1. The predicted molar refractivity (Wildman–Crippen MR) is 128 cm³/mol. The molecule has 0 aliphatic heterocycles. The van der Waals surface area contributed by atoms with Crippen LogP contribution < -0.4 is 29.0 Å². The fourth-order valence-corrected chi connectivity index (χ4v) is 3.48. The zero-order valence-electron chi connectivity index (χ0n) is 20.7. The number of hydrogen-bond acceptors (Lipinski definition) is 9. The Morgan fingerprint density at radius 3 is 2.14 bits per heavy atom. The van der Waals surface area contributed by atoms with Gasteiger partial charge < -0.3 is 33.4 Å². The number of amides is 1. The highest BCUT2D eigenvalue weighted by Crippen LogP contribution is 2.38. The van der Waals surface area contributed by atoms with Gasteiger partial charge in [0.2, 0.25) is 11.6 Å². The van der Waals surface area contributed by atoms with Gasteiger partial charge >= 0.3 is 11.8 Å². The van der Waals surface area contributed by atoms with Crippen LogP contribution in [0.15, 0.2) is 34.7 Å². The zero-order valence-corrected chi connectivity index (χ0v) is 20.7. The molecule has 0 bridgehead atoms. The molecule has 0 unspecified atom stereocenters. The minimum Gasteiger partial charge on any atom is -0.493 e. The summed E-state index contributed by atoms with van der Waals surface area (Å²) in [6.45, 7) is 5.33. The Balaban J connectivity index is 1.60. The van der Waals surface area contributed by atoms with Crippen LogP contribution in [0.5, 0.6) is 28.7 Å². The van der Waals surface area contributed by atoms with Gasteiger partial charge in [0.1, 0.15) is 0 Å². The van der Waals surface area contributed by atoms with Crippen LogP contribution in [0.1, 0.15) is 41.6 Å². The number of nitrogens with one attached hydrogen (secondary N) is 1. The summed E-state index contributed by atoms with van der Waals surface area (Å²) in [5, 5.41) is 10.7. The molecule has 10 nitrogen and oxygen atoms in total. The van der Waals surface area contributed by atoms with Crippen molar-refractivity contribution in [1.29, 1.82) is 0 Å². The average molecular weight is 486 g/mol. The maximum atomic E-state index is 12.5. The van der Waals surface area contributed by atoms with Gasteiger partial charge in [-0.3, -0.25) is 4.79 Å². The second-order valence-corrected chi connectivity index (χ2v) is 7.36. The maximum Gasteiger partial charge on any atom is 0.308 e. The molecule has 1 aromatic heterocycles. The molecule has 35 heavy (non-hydrogen) atoms. The molecule has 188 valence electrons. The number of nitrogens with zero attached hydrogens (tertiary/aromatic N) is 2. The van der Waals surface area contributed by atoms with Crippen LogP contribution in [-0.2, 0) is 12.8 Å². The molecule has 3 rings (SSSR count). The molecule has 0 atom stereocenters. The molecule has 10 heteroatoms. The minimum atomic E-state index is -0.440. The Morgan fingerprint density at radius 1 is 0.857 bits per heavy atom. The van der Waals surface area contributed by atoms with E-state index in [1.165, 1.54) is 7.11 Å². The lowest BCUT2D eigenvalue weighted by Crippen LogP contribution is -2.26. The SMILES string of the molecule is CCOc1ccc(CCNC(=O)c2nnc(Cc3cc(OC)c(OC)c(OC)c3)o2)cc1OCC. The molecule has 0 saturated heterocycles. The van der Waals surface area contributed by atoms with E-state index in [1.807, 2.05) is 32.0 Å². The van der Waals surface area contributed by atoms with Gasteiger partial charge in [-0.25, -0.2) is 0 Å². The molecule has 1 N–H and O–H groups in total. The van der Waals surface area contributed by atoms with E-state index in [9.17, 15) is 4.79 Å². The highest BCUT2D eigenvalue weighted by molar-refractivity contribution is 5.89. The lowest BCUT2D eigenvalue weighted by molar-refractivity contribution is 0.0918. The first kappa shape index (κ1) is 25.7. The molecule has 0 radical (unpaired) electrons. The Kier molecular flexibility index (Phi) is 9.16. The summed E-state index contributed by atoms with van der Waals surface area (Å²) in [6.07, 6.45) is 0.897. The van der Waals surface area contributed by atoms with E-state index in [0.717, 1.165) is 11.1 Å². The van der Waals surface area contributed by atoms with Crippen molar-refractivity contribution in [2.75, 3.05) is 41.1 Å². The van der Waals surface area contributed by atoms with Gasteiger partial charge in [0.15, 0.2) is 23.0 Å². The highest BCUT2D eigenvalue weighted by atomic mass is 16.5. The summed E-state index contributed by atoms with van der Waals surface area (Å²) in [5.41, 5.74) is 1.81. The predicted octanol–water partition coefficient (Wildman–Crippen LogP) is 3.46. The van der Waals surface area contributed by atoms with Gasteiger partial charge in [-0.15, -0.1) is 10.2 Å². The van der Waals surface area contributed by atoms with E-state index in [1.54, 1.807) is 26.4 Å². The van der Waals surface area contributed by atoms with Gasteiger partial charge in [-0.2, -0.15) is 0 Å². The molecule has 0 saturated carbocycles. The summed E-state index contributed by atoms with van der Waals surface area (Å²) >= 11 is 0. The zero-order chi connectivity index (χ0) is 25.2. The molecule has 2 aromatic carbocycles. The molecule has 0 spiro atoms. The van der Waals surface area contributed by atoms with Crippen molar-refractivity contribution >= 4 is 5.91 Å². The smallest absolute Gasteiger partial charge is 0.308 e. The highest BCUT2D eigenvalue weighted by Gasteiger charge is 2.18. The second-order valence-electron chi connectivity index (χ2n) is 7.36. The first-order valence-corrected chi connectivity index (χ1v) is 11.3. The molecule has 3 aromatic rings. The molecule has 0 fully saturated rings. The average Bonchev–Trinajstić information content (AvgIpc) is 3.33. The van der Waals surface area contributed by atoms with E-state index < -0.39 is 5.91 Å². The van der Waals surface area contributed by atoms with Gasteiger partial charge in [-0.05, 0) is 55.7 Å². The van der Waals surface area contributed by atoms with Crippen LogP contribution in [0, 0.1) is 0 Å². The van der Waals surface area contributed by atoms with Crippen LogP contribution in [-0.4, -0.2) is 57.2 Å². The third-order valence-electron chi connectivity index (χ3n) is 5.05. The van der Waals surface area contributed by atoms with Crippen LogP contribution in [0.25, 0.3) is 0 Å². The van der Waals surface area contributed by atoms with Crippen LogP contribution in [0.4, 0.5) is 0 Å². The van der Waals surface area contributed by atoms with Gasteiger partial charge in [0.05, 0.1) is 41.0 Å². The van der Waals surface area contributed by atoms with E-state index >= 15 is 0 Å². The Morgan fingerprint density at radius 2 is 1.51 bits per heavy atom. The van der Waals surface area contributed by atoms with Crippen molar-refractivity contribution in [3.8, 4) is 28.7 Å². The maximum absolute atomic E-state index is 12.5. The first-order chi connectivity index (χ1) is 17.0. The van der Waals surface area contributed by atoms with Crippen LogP contribution >= 0.6 is 0 Å². The lowest BCUT2D eigenvalue weighted by atomic mass is 10.1. The van der Waals surface area contributed by atoms with E-state index in [0.29, 0.717) is 61.3 Å². The van der Waals surface area contributed by atoms with Crippen molar-refractivity contribution < 1.29 is 32.9 Å². The van der Waals surface area contributed by atoms with E-state index in [-0.39, 0.29) is 11.8 Å². The number of benzene rings is 2. The Labute approximate surface area is 204 Å². The monoisotopic (exact) mass is 485 g/mol. The normalized spacial score (nSPS) is 10.5. The van der Waals surface area contributed by atoms with Crippen molar-refractivity contribution in [3.63, 3.8) is 0 Å². The third kappa shape index (κ3) is 6.56. The number of aromatic nitrogens is 2. The largest absolute Gasteiger partial charge is 0.493 e. The lowest BCUT2D eigenvalue weighted by Gasteiger charge is -2.13. The van der Waals surface area contributed by atoms with Crippen molar-refractivity contribution in [2.45, 2.75) is 26.7 Å². The number of rotatable bonds is 13. The van der Waals surface area contributed by atoms with Gasteiger partial charge in [-0.1, -0.05) is 6.07 Å². The number of hydrogen-bond donors (Lipinski definition) is 1. The summed E-state index contributed by atoms with van der Waals surface area (Å²) in [5.74, 6) is 2.66. The number of ether oxygens (including phenoxy) is 5. The van der Waals surface area contributed by atoms with Crippen molar-refractivity contribution in [1.82, 2.24) is 15.5 Å². The topological polar surface area (TPSA) is 114 Å². The van der Waals surface area contributed by atoms with E-state index in [2.05, 4.69) is 15.5 Å². The number of carbonyl (C=O) groups excluding carboxylic acids is 1. The summed E-state index contributed by atoms with van der Waals surface area (Å²) in [4.78, 5) is 12.5. The summed E-state index contributed by atoms with van der Waals surface area (Å²) in [7, 11) is 4.62. The minimum absolute atomic E-state index is 0.103. The summed E-state index contributed by atoms with van der Waals surface area (Å²) in [6, 6.07) is 9.32. The fraction of sp³-hybridized carbons (Fsp3) is 0.400. The number of methoxy groups -OCH3 is 3. The van der Waals surface area contributed by atoms with Gasteiger partial charge in [0.25, 0.3) is 0 Å². The van der Waals surface area contributed by atoms with Crippen molar-refractivity contribution in [2.24, 2.45) is 0 Å². The first-order valence-electron chi connectivity index (χ1n) is 11.3.